The monoisotopic (exact) mass is 401 g/mol. The van der Waals surface area contributed by atoms with Gasteiger partial charge in [0, 0.05) is 17.2 Å². The first kappa shape index (κ1) is 18.9. The molecule has 2 aliphatic rings. The number of nitriles is 2. The van der Waals surface area contributed by atoms with Gasteiger partial charge in [-0.1, -0.05) is 91.0 Å². The minimum Gasteiger partial charge on any atom is -0.346 e. The van der Waals surface area contributed by atoms with E-state index in [1.807, 2.05) is 77.7 Å². The van der Waals surface area contributed by atoms with Crippen molar-refractivity contribution in [3.8, 4) is 12.1 Å². The molecule has 0 bridgehead atoms. The van der Waals surface area contributed by atoms with Crippen LogP contribution >= 0.6 is 0 Å². The van der Waals surface area contributed by atoms with Gasteiger partial charge in [0.2, 0.25) is 0 Å². The minimum atomic E-state index is -1.44. The Labute approximate surface area is 181 Å². The van der Waals surface area contributed by atoms with E-state index >= 15 is 0 Å². The number of Topliss-reactive ketones (excluding diaryl/α,β-unsaturated/α-hetero) is 1. The Morgan fingerprint density at radius 2 is 1.52 bits per heavy atom. The molecule has 31 heavy (non-hydrogen) atoms. The number of fused-ring (bicyclic) bond motifs is 3. The number of benzene rings is 3. The molecule has 0 spiro atoms. The van der Waals surface area contributed by atoms with Crippen molar-refractivity contribution in [2.45, 2.75) is 18.0 Å². The quantitative estimate of drug-likeness (QED) is 0.581. The molecule has 148 valence electrons. The Morgan fingerprint density at radius 1 is 0.871 bits per heavy atom. The first-order valence-electron chi connectivity index (χ1n) is 10.2. The van der Waals surface area contributed by atoms with E-state index in [0.717, 1.165) is 16.8 Å². The predicted octanol–water partition coefficient (Wildman–Crippen LogP) is 4.97. The van der Waals surface area contributed by atoms with Crippen molar-refractivity contribution in [3.63, 3.8) is 0 Å². The van der Waals surface area contributed by atoms with Gasteiger partial charge in [0.25, 0.3) is 0 Å². The minimum absolute atomic E-state index is 0.249. The van der Waals surface area contributed by atoms with Gasteiger partial charge in [0.15, 0.2) is 11.2 Å². The fraction of sp³-hybridized carbons (Fsp3) is 0.148. The Morgan fingerprint density at radius 3 is 2.19 bits per heavy atom. The summed E-state index contributed by atoms with van der Waals surface area (Å²) < 4.78 is 0. The normalized spacial score (nSPS) is 25.7. The van der Waals surface area contributed by atoms with E-state index in [0.29, 0.717) is 5.56 Å². The molecule has 4 atom stereocenters. The second kappa shape index (κ2) is 7.27. The molecular formula is C27H19N3O. The summed E-state index contributed by atoms with van der Waals surface area (Å²) in [7, 11) is 0. The zero-order valence-electron chi connectivity index (χ0n) is 16.7. The lowest BCUT2D eigenvalue weighted by Gasteiger charge is -2.35. The van der Waals surface area contributed by atoms with Crippen molar-refractivity contribution >= 4 is 17.5 Å². The van der Waals surface area contributed by atoms with Gasteiger partial charge in [-0.2, -0.15) is 10.5 Å². The standard InChI is InChI=1S/C27H19N3O/c28-17-23-25(20-10-3-1-4-11-20)27(18-29,26(31)21-12-5-2-6-13-21)24-16-15-19-9-7-8-14-22(19)30(23)24/h1-16,23-25H/t23-,24?,25-,27+/m0/s1. The number of nitrogens with zero attached hydrogens (tertiary/aromatic N) is 3. The summed E-state index contributed by atoms with van der Waals surface area (Å²) >= 11 is 0. The van der Waals surface area contributed by atoms with Crippen LogP contribution in [0.15, 0.2) is 91.0 Å². The highest BCUT2D eigenvalue weighted by Crippen LogP contribution is 2.56. The molecule has 5 rings (SSSR count). The maximum Gasteiger partial charge on any atom is 0.186 e. The molecule has 4 nitrogen and oxygen atoms in total. The molecule has 2 heterocycles. The fourth-order valence-corrected chi connectivity index (χ4v) is 5.12. The number of carbonyl (C=O) groups excluding carboxylic acids is 1. The molecule has 0 amide bonds. The van der Waals surface area contributed by atoms with Crippen molar-refractivity contribution in [2.24, 2.45) is 5.41 Å². The van der Waals surface area contributed by atoms with E-state index in [2.05, 4.69) is 12.1 Å². The Kier molecular flexibility index (Phi) is 4.42. The predicted molar refractivity (Wildman–Crippen MR) is 119 cm³/mol. The molecule has 0 N–H and O–H groups in total. The number of hydrogen-bond acceptors (Lipinski definition) is 4. The summed E-state index contributed by atoms with van der Waals surface area (Å²) in [6.07, 6.45) is 3.88. The van der Waals surface area contributed by atoms with Crippen LogP contribution in [0.1, 0.15) is 27.4 Å². The van der Waals surface area contributed by atoms with Crippen LogP contribution in [-0.2, 0) is 0 Å². The summed E-state index contributed by atoms with van der Waals surface area (Å²) in [5.74, 6) is -0.849. The van der Waals surface area contributed by atoms with Crippen LogP contribution in [0.5, 0.6) is 0 Å². The van der Waals surface area contributed by atoms with Crippen LogP contribution in [0.3, 0.4) is 0 Å². The molecular weight excluding hydrogens is 382 g/mol. The lowest BCUT2D eigenvalue weighted by molar-refractivity contribution is 0.0842. The summed E-state index contributed by atoms with van der Waals surface area (Å²) in [4.78, 5) is 16.0. The summed E-state index contributed by atoms with van der Waals surface area (Å²) in [6, 6.07) is 29.9. The largest absolute Gasteiger partial charge is 0.346 e. The molecule has 1 saturated heterocycles. The van der Waals surface area contributed by atoms with Gasteiger partial charge in [-0.3, -0.25) is 4.79 Å². The second-order valence-electron chi connectivity index (χ2n) is 7.91. The third kappa shape index (κ3) is 2.62. The lowest BCUT2D eigenvalue weighted by atomic mass is 9.65. The van der Waals surface area contributed by atoms with E-state index in [1.54, 1.807) is 24.3 Å². The number of hydrogen-bond donors (Lipinski definition) is 0. The van der Waals surface area contributed by atoms with Crippen LogP contribution in [-0.4, -0.2) is 17.9 Å². The topological polar surface area (TPSA) is 67.9 Å². The van der Waals surface area contributed by atoms with E-state index in [1.165, 1.54) is 0 Å². The third-order valence-corrected chi connectivity index (χ3v) is 6.43. The van der Waals surface area contributed by atoms with E-state index in [-0.39, 0.29) is 5.78 Å². The molecule has 0 saturated carbocycles. The van der Waals surface area contributed by atoms with Crippen molar-refractivity contribution in [2.75, 3.05) is 4.90 Å². The molecule has 1 fully saturated rings. The highest BCUT2D eigenvalue weighted by molar-refractivity contribution is 6.05. The zero-order valence-corrected chi connectivity index (χ0v) is 16.7. The average molecular weight is 401 g/mol. The molecule has 3 aromatic rings. The van der Waals surface area contributed by atoms with E-state index < -0.39 is 23.4 Å². The Bertz CT molecular complexity index is 1250. The molecule has 2 aliphatic heterocycles. The van der Waals surface area contributed by atoms with Gasteiger partial charge < -0.3 is 4.90 Å². The number of anilines is 1. The molecule has 1 unspecified atom stereocenters. The summed E-state index contributed by atoms with van der Waals surface area (Å²) in [5.41, 5.74) is 1.72. The third-order valence-electron chi connectivity index (χ3n) is 6.43. The smallest absolute Gasteiger partial charge is 0.186 e. The Hall–Kier alpha value is -4.15. The van der Waals surface area contributed by atoms with Crippen molar-refractivity contribution in [3.05, 3.63) is 108 Å². The van der Waals surface area contributed by atoms with Crippen LogP contribution in [0.2, 0.25) is 0 Å². The molecule has 0 aromatic heterocycles. The highest BCUT2D eigenvalue weighted by atomic mass is 16.1. The van der Waals surface area contributed by atoms with Crippen molar-refractivity contribution in [1.82, 2.24) is 0 Å². The Balaban J connectivity index is 1.80. The molecule has 0 aliphatic carbocycles. The first-order chi connectivity index (χ1) is 15.2. The molecule has 3 aromatic carbocycles. The van der Waals surface area contributed by atoms with E-state index in [9.17, 15) is 15.3 Å². The second-order valence-corrected chi connectivity index (χ2v) is 7.91. The van der Waals surface area contributed by atoms with Crippen molar-refractivity contribution in [1.29, 1.82) is 10.5 Å². The SMILES string of the molecule is N#C[C@H]1[C@H](c2ccccc2)[C@](C#N)(C(=O)c2ccccc2)C2C=Cc3ccccc3N21. The van der Waals surface area contributed by atoms with Gasteiger partial charge in [-0.15, -0.1) is 0 Å². The summed E-state index contributed by atoms with van der Waals surface area (Å²) in [6.45, 7) is 0. The van der Waals surface area contributed by atoms with Gasteiger partial charge in [-0.05, 0) is 17.2 Å². The molecule has 4 heteroatoms. The van der Waals surface area contributed by atoms with Gasteiger partial charge in [-0.25, -0.2) is 0 Å². The number of ketones is 1. The number of rotatable bonds is 3. The maximum absolute atomic E-state index is 14.0. The fourth-order valence-electron chi connectivity index (χ4n) is 5.12. The average Bonchev–Trinajstić information content (AvgIpc) is 3.15. The van der Waals surface area contributed by atoms with Gasteiger partial charge in [0.05, 0.1) is 18.2 Å². The summed E-state index contributed by atoms with van der Waals surface area (Å²) in [5, 5.41) is 20.9. The lowest BCUT2D eigenvalue weighted by Crippen LogP contribution is -2.45. The molecule has 0 radical (unpaired) electrons. The number of carbonyl (C=O) groups is 1. The van der Waals surface area contributed by atoms with Crippen molar-refractivity contribution < 1.29 is 4.79 Å². The van der Waals surface area contributed by atoms with E-state index in [4.69, 9.17) is 0 Å². The van der Waals surface area contributed by atoms with Crippen LogP contribution in [0, 0.1) is 28.1 Å². The number of para-hydroxylation sites is 1. The van der Waals surface area contributed by atoms with Crippen LogP contribution < -0.4 is 4.90 Å². The van der Waals surface area contributed by atoms with Crippen LogP contribution in [0.4, 0.5) is 5.69 Å². The maximum atomic E-state index is 14.0. The zero-order chi connectivity index (χ0) is 21.4. The highest BCUT2D eigenvalue weighted by Gasteiger charge is 2.64. The van der Waals surface area contributed by atoms with Gasteiger partial charge in [0.1, 0.15) is 6.04 Å². The van der Waals surface area contributed by atoms with Crippen LogP contribution in [0.25, 0.3) is 6.08 Å². The van der Waals surface area contributed by atoms with Gasteiger partial charge >= 0.3 is 0 Å². The first-order valence-corrected chi connectivity index (χ1v) is 10.2.